The maximum Gasteiger partial charge on any atom is 0.263 e. The average Bonchev–Trinajstić information content (AvgIpc) is 3.08. The minimum Gasteiger partial charge on any atom is -0.497 e. The number of alkyl halides is 1. The number of nitrogens with zero attached hydrogens (tertiary/aromatic N) is 2. The third-order valence-corrected chi connectivity index (χ3v) is 8.29. The average molecular weight is 710 g/mol. The lowest BCUT2D eigenvalue weighted by Crippen LogP contribution is -2.34. The predicted molar refractivity (Wildman–Crippen MR) is 191 cm³/mol. The van der Waals surface area contributed by atoms with Gasteiger partial charge in [-0.1, -0.05) is 35.2 Å². The Labute approximate surface area is 285 Å². The Bertz CT molecular complexity index is 1660. The van der Waals surface area contributed by atoms with Crippen LogP contribution in [0, 0.1) is 0 Å². The topological polar surface area (TPSA) is 88.5 Å². The zero-order valence-corrected chi connectivity index (χ0v) is 29.6. The largest absolute Gasteiger partial charge is 0.497 e. The van der Waals surface area contributed by atoms with Crippen LogP contribution >= 0.6 is 15.9 Å². The lowest BCUT2D eigenvalue weighted by molar-refractivity contribution is 0.0987. The van der Waals surface area contributed by atoms with Crippen LogP contribution in [0.2, 0.25) is 0 Å². The number of carbonyl (C=O) groups excluding carboxylic acids is 1. The molecule has 1 amide bonds. The lowest BCUT2D eigenvalue weighted by Gasteiger charge is -2.23. The number of amides is 1. The van der Waals surface area contributed by atoms with Gasteiger partial charge in [-0.2, -0.15) is 0 Å². The standard InChI is InChI=1S/C37H45BrN2O7/c1-6-39(26-18-29(43-4)22-30(19-26)44-5)37(42)34-25-40(27-20-31(45-7-2)23-32(21-27)46-8-3)35-24-28(14-15-33(35)36(34)41)47-17-13-11-9-10-12-16-38/h14-15,18-25H,6-13,16-17H2,1-5H3. The second-order valence-electron chi connectivity index (χ2n) is 10.9. The molecule has 0 unspecified atom stereocenters. The van der Waals surface area contributed by atoms with Gasteiger partial charge in [0.05, 0.1) is 50.9 Å². The molecule has 0 aliphatic heterocycles. The Hall–Kier alpha value is -4.18. The number of unbranched alkanes of at least 4 members (excludes halogenated alkanes) is 4. The molecule has 252 valence electrons. The Morgan fingerprint density at radius 2 is 1.36 bits per heavy atom. The number of aromatic nitrogens is 1. The molecule has 0 aliphatic rings. The van der Waals surface area contributed by atoms with E-state index in [9.17, 15) is 9.59 Å². The number of carbonyl (C=O) groups is 1. The third-order valence-electron chi connectivity index (χ3n) is 7.73. The van der Waals surface area contributed by atoms with E-state index in [2.05, 4.69) is 15.9 Å². The van der Waals surface area contributed by atoms with Gasteiger partial charge in [0.25, 0.3) is 5.91 Å². The van der Waals surface area contributed by atoms with Crippen LogP contribution in [-0.4, -0.2) is 56.4 Å². The van der Waals surface area contributed by atoms with Crippen molar-refractivity contribution in [1.29, 1.82) is 0 Å². The molecule has 47 heavy (non-hydrogen) atoms. The number of hydrogen-bond donors (Lipinski definition) is 0. The van der Waals surface area contributed by atoms with Gasteiger partial charge in [0.1, 0.15) is 34.3 Å². The monoisotopic (exact) mass is 708 g/mol. The molecule has 1 heterocycles. The lowest BCUT2D eigenvalue weighted by atomic mass is 10.1. The van der Waals surface area contributed by atoms with Crippen LogP contribution in [-0.2, 0) is 0 Å². The molecule has 1 aromatic heterocycles. The maximum absolute atomic E-state index is 14.3. The van der Waals surface area contributed by atoms with Gasteiger partial charge in [-0.05, 0) is 45.7 Å². The van der Waals surface area contributed by atoms with Crippen molar-refractivity contribution in [3.05, 3.63) is 76.6 Å². The first-order chi connectivity index (χ1) is 22.9. The fourth-order valence-corrected chi connectivity index (χ4v) is 5.81. The fourth-order valence-electron chi connectivity index (χ4n) is 5.41. The Kier molecular flexibility index (Phi) is 13.4. The van der Waals surface area contributed by atoms with Gasteiger partial charge < -0.3 is 33.2 Å². The molecule has 0 bridgehead atoms. The minimum atomic E-state index is -0.449. The van der Waals surface area contributed by atoms with E-state index in [0.717, 1.165) is 18.2 Å². The van der Waals surface area contributed by atoms with Crippen molar-refractivity contribution in [3.63, 3.8) is 0 Å². The molecule has 0 saturated heterocycles. The van der Waals surface area contributed by atoms with Crippen molar-refractivity contribution in [2.24, 2.45) is 0 Å². The van der Waals surface area contributed by atoms with E-state index >= 15 is 0 Å². The number of anilines is 1. The highest BCUT2D eigenvalue weighted by molar-refractivity contribution is 9.09. The molecular weight excluding hydrogens is 664 g/mol. The van der Waals surface area contributed by atoms with Crippen LogP contribution < -0.4 is 34.0 Å². The Morgan fingerprint density at radius 1 is 0.745 bits per heavy atom. The van der Waals surface area contributed by atoms with Gasteiger partial charge in [-0.3, -0.25) is 9.59 Å². The summed E-state index contributed by atoms with van der Waals surface area (Å²) in [6.45, 7) is 7.50. The molecule has 0 N–H and O–H groups in total. The van der Waals surface area contributed by atoms with Gasteiger partial charge >= 0.3 is 0 Å². The fraction of sp³-hybridized carbons (Fsp3) is 0.405. The second kappa shape index (κ2) is 17.7. The van der Waals surface area contributed by atoms with Gasteiger partial charge in [0.2, 0.25) is 5.43 Å². The smallest absolute Gasteiger partial charge is 0.263 e. The number of rotatable bonds is 18. The SMILES string of the molecule is CCOc1cc(OCC)cc(-n2cc(C(=O)N(CC)c3cc(OC)cc(OC)c3)c(=O)c3ccc(OCCCCCCCBr)cc32)c1. The first kappa shape index (κ1) is 35.7. The summed E-state index contributed by atoms with van der Waals surface area (Å²) < 4.78 is 30.6. The van der Waals surface area contributed by atoms with E-state index in [4.69, 9.17) is 23.7 Å². The molecule has 10 heteroatoms. The molecule has 9 nitrogen and oxygen atoms in total. The quantitative estimate of drug-likeness (QED) is 0.0761. The highest BCUT2D eigenvalue weighted by Gasteiger charge is 2.24. The van der Waals surface area contributed by atoms with Crippen molar-refractivity contribution in [2.75, 3.05) is 50.8 Å². The number of fused-ring (bicyclic) bond motifs is 1. The van der Waals surface area contributed by atoms with Crippen LogP contribution in [0.3, 0.4) is 0 Å². The van der Waals surface area contributed by atoms with Crippen molar-refractivity contribution in [1.82, 2.24) is 4.57 Å². The van der Waals surface area contributed by atoms with Crippen LogP contribution in [0.15, 0.2) is 65.6 Å². The number of hydrogen-bond acceptors (Lipinski definition) is 7. The van der Waals surface area contributed by atoms with Crippen molar-refractivity contribution in [3.8, 4) is 34.4 Å². The van der Waals surface area contributed by atoms with Crippen molar-refractivity contribution < 1.29 is 28.5 Å². The molecule has 4 rings (SSSR count). The minimum absolute atomic E-state index is 0.0121. The van der Waals surface area contributed by atoms with E-state index in [1.165, 1.54) is 24.2 Å². The van der Waals surface area contributed by atoms with Crippen molar-refractivity contribution in [2.45, 2.75) is 52.9 Å². The molecule has 3 aromatic carbocycles. The zero-order valence-electron chi connectivity index (χ0n) is 28.0. The van der Waals surface area contributed by atoms with Crippen LogP contribution in [0.5, 0.6) is 28.7 Å². The van der Waals surface area contributed by atoms with Gasteiger partial charge in [0.15, 0.2) is 0 Å². The van der Waals surface area contributed by atoms with Crippen molar-refractivity contribution >= 4 is 38.4 Å². The number of methoxy groups -OCH3 is 2. The molecule has 0 spiro atoms. The summed E-state index contributed by atoms with van der Waals surface area (Å²) >= 11 is 3.48. The number of ether oxygens (including phenoxy) is 5. The number of pyridine rings is 1. The normalized spacial score (nSPS) is 10.9. The summed E-state index contributed by atoms with van der Waals surface area (Å²) in [6.07, 6.45) is 7.16. The van der Waals surface area contributed by atoms with Gasteiger partial charge in [-0.25, -0.2) is 0 Å². The van der Waals surface area contributed by atoms with E-state index in [0.29, 0.717) is 77.4 Å². The molecular formula is C37H45BrN2O7. The number of halogens is 1. The number of benzene rings is 3. The van der Waals surface area contributed by atoms with Gasteiger partial charge in [0, 0.05) is 65.9 Å². The summed E-state index contributed by atoms with van der Waals surface area (Å²) in [6, 6.07) is 16.2. The highest BCUT2D eigenvalue weighted by Crippen LogP contribution is 2.32. The molecule has 0 atom stereocenters. The first-order valence-corrected chi connectivity index (χ1v) is 17.3. The third kappa shape index (κ3) is 9.00. The Morgan fingerprint density at radius 3 is 1.96 bits per heavy atom. The summed E-state index contributed by atoms with van der Waals surface area (Å²) in [4.78, 5) is 29.9. The van der Waals surface area contributed by atoms with E-state index < -0.39 is 5.91 Å². The Balaban J connectivity index is 1.83. The second-order valence-corrected chi connectivity index (χ2v) is 11.7. The summed E-state index contributed by atoms with van der Waals surface area (Å²) in [5.74, 6) is 2.48. The highest BCUT2D eigenvalue weighted by atomic mass is 79.9. The maximum atomic E-state index is 14.3. The summed E-state index contributed by atoms with van der Waals surface area (Å²) in [7, 11) is 3.10. The molecule has 4 aromatic rings. The predicted octanol–water partition coefficient (Wildman–Crippen LogP) is 8.20. The first-order valence-electron chi connectivity index (χ1n) is 16.2. The molecule has 0 saturated carbocycles. The molecule has 0 aliphatic carbocycles. The summed E-state index contributed by atoms with van der Waals surface area (Å²) in [5, 5.41) is 1.42. The van der Waals surface area contributed by atoms with Crippen LogP contribution in [0.1, 0.15) is 63.2 Å². The molecule has 0 fully saturated rings. The van der Waals surface area contributed by atoms with E-state index in [1.807, 2.05) is 49.6 Å². The van der Waals surface area contributed by atoms with Crippen LogP contribution in [0.4, 0.5) is 5.69 Å². The van der Waals surface area contributed by atoms with Gasteiger partial charge in [-0.15, -0.1) is 0 Å². The zero-order chi connectivity index (χ0) is 33.8. The van der Waals surface area contributed by atoms with E-state index in [1.54, 1.807) is 50.7 Å². The summed E-state index contributed by atoms with van der Waals surface area (Å²) in [5.41, 5.74) is 1.46. The van der Waals surface area contributed by atoms with E-state index in [-0.39, 0.29) is 11.0 Å². The molecule has 0 radical (unpaired) electrons. The van der Waals surface area contributed by atoms with Crippen LogP contribution in [0.25, 0.3) is 16.6 Å².